The van der Waals surface area contributed by atoms with Crippen molar-refractivity contribution in [3.63, 3.8) is 0 Å². The number of nitrogens with two attached hydrogens (primary N) is 1. The number of aliphatic hydroxyl groups excluding tert-OH is 1. The second-order valence-corrected chi connectivity index (χ2v) is 8.77. The standard InChI is InChI=1S/C26H30N4O3/c1-16-25(32)24(26(27)33)29-23(28-16)15-18-11-13-30(14-12-18)22-9-7-21(8-10-22)20-5-3-19(4-6-20)17(2)31/h3-10,17-18,31-32H,11-15H2,1-2H3,(H2,27,33). The van der Waals surface area contributed by atoms with Crippen molar-refractivity contribution < 1.29 is 15.0 Å². The molecule has 1 aromatic heterocycles. The Morgan fingerprint density at radius 2 is 1.64 bits per heavy atom. The van der Waals surface area contributed by atoms with Crippen molar-refractivity contribution >= 4 is 11.6 Å². The predicted molar refractivity (Wildman–Crippen MR) is 128 cm³/mol. The number of anilines is 1. The molecule has 1 aliphatic heterocycles. The Bertz CT molecular complexity index is 1120. The van der Waals surface area contributed by atoms with Crippen LogP contribution >= 0.6 is 0 Å². The number of hydrogen-bond donors (Lipinski definition) is 3. The molecule has 2 heterocycles. The first-order valence-corrected chi connectivity index (χ1v) is 11.3. The lowest BCUT2D eigenvalue weighted by Gasteiger charge is -2.33. The zero-order valence-corrected chi connectivity index (χ0v) is 19.0. The fourth-order valence-corrected chi connectivity index (χ4v) is 4.36. The normalized spacial score (nSPS) is 15.4. The third kappa shape index (κ3) is 5.14. The van der Waals surface area contributed by atoms with Gasteiger partial charge in [-0.3, -0.25) is 4.79 Å². The zero-order valence-electron chi connectivity index (χ0n) is 19.0. The van der Waals surface area contributed by atoms with E-state index >= 15 is 0 Å². The van der Waals surface area contributed by atoms with Gasteiger partial charge in [-0.05, 0) is 61.4 Å². The fourth-order valence-electron chi connectivity index (χ4n) is 4.36. The number of piperidine rings is 1. The summed E-state index contributed by atoms with van der Waals surface area (Å²) in [6.07, 6.45) is 2.20. The largest absolute Gasteiger partial charge is 0.504 e. The van der Waals surface area contributed by atoms with Crippen molar-refractivity contribution in [3.05, 3.63) is 71.3 Å². The molecule has 33 heavy (non-hydrogen) atoms. The van der Waals surface area contributed by atoms with Gasteiger partial charge in [-0.2, -0.15) is 0 Å². The average Bonchev–Trinajstić information content (AvgIpc) is 2.82. The maximum Gasteiger partial charge on any atom is 0.271 e. The van der Waals surface area contributed by atoms with Gasteiger partial charge in [0, 0.05) is 25.2 Å². The molecule has 7 heteroatoms. The number of amides is 1. The highest BCUT2D eigenvalue weighted by Gasteiger charge is 2.22. The van der Waals surface area contributed by atoms with E-state index in [0.717, 1.165) is 42.6 Å². The lowest BCUT2D eigenvalue weighted by atomic mass is 9.92. The first-order chi connectivity index (χ1) is 15.8. The number of aliphatic hydroxyl groups is 1. The molecule has 2 aromatic carbocycles. The summed E-state index contributed by atoms with van der Waals surface area (Å²) in [7, 11) is 0. The van der Waals surface area contributed by atoms with E-state index in [9.17, 15) is 15.0 Å². The van der Waals surface area contributed by atoms with Gasteiger partial charge in [0.15, 0.2) is 11.4 Å². The number of aryl methyl sites for hydroxylation is 1. The molecular weight excluding hydrogens is 416 g/mol. The highest BCUT2D eigenvalue weighted by Crippen LogP contribution is 2.29. The van der Waals surface area contributed by atoms with Crippen LogP contribution in [0.15, 0.2) is 48.5 Å². The van der Waals surface area contributed by atoms with Crippen molar-refractivity contribution in [2.45, 2.75) is 39.2 Å². The van der Waals surface area contributed by atoms with Crippen LogP contribution in [0.1, 0.15) is 53.4 Å². The van der Waals surface area contributed by atoms with Gasteiger partial charge in [-0.25, -0.2) is 9.97 Å². The summed E-state index contributed by atoms with van der Waals surface area (Å²) in [4.78, 5) is 22.5. The number of nitrogens with zero attached hydrogens (tertiary/aromatic N) is 3. The van der Waals surface area contributed by atoms with Crippen molar-refractivity contribution in [2.24, 2.45) is 11.7 Å². The van der Waals surface area contributed by atoms with Crippen LogP contribution in [0.2, 0.25) is 0 Å². The van der Waals surface area contributed by atoms with E-state index in [0.29, 0.717) is 23.9 Å². The third-order valence-electron chi connectivity index (χ3n) is 6.38. The minimum atomic E-state index is -0.739. The molecule has 4 N–H and O–H groups in total. The van der Waals surface area contributed by atoms with E-state index < -0.39 is 12.0 Å². The zero-order chi connectivity index (χ0) is 23.5. The highest BCUT2D eigenvalue weighted by molar-refractivity contribution is 5.93. The van der Waals surface area contributed by atoms with Gasteiger partial charge in [0.1, 0.15) is 5.82 Å². The molecule has 4 rings (SSSR count). The molecule has 0 radical (unpaired) electrons. The van der Waals surface area contributed by atoms with Crippen LogP contribution < -0.4 is 10.6 Å². The Morgan fingerprint density at radius 3 is 2.18 bits per heavy atom. The number of benzene rings is 2. The quantitative estimate of drug-likeness (QED) is 0.531. The van der Waals surface area contributed by atoms with E-state index in [2.05, 4.69) is 39.1 Å². The number of aromatic nitrogens is 2. The molecule has 7 nitrogen and oxygen atoms in total. The molecule has 1 unspecified atom stereocenters. The molecule has 0 aliphatic carbocycles. The number of hydrogen-bond acceptors (Lipinski definition) is 6. The summed E-state index contributed by atoms with van der Waals surface area (Å²) in [5.74, 6) is 0.000894. The van der Waals surface area contributed by atoms with E-state index in [4.69, 9.17) is 5.73 Å². The van der Waals surface area contributed by atoms with Crippen LogP contribution in [0.4, 0.5) is 5.69 Å². The van der Waals surface area contributed by atoms with Gasteiger partial charge in [-0.15, -0.1) is 0 Å². The summed E-state index contributed by atoms with van der Waals surface area (Å²) in [6.45, 7) is 5.30. The highest BCUT2D eigenvalue weighted by atomic mass is 16.3. The van der Waals surface area contributed by atoms with E-state index in [1.165, 1.54) is 5.69 Å². The molecule has 0 saturated carbocycles. The topological polar surface area (TPSA) is 113 Å². The molecule has 3 aromatic rings. The molecule has 172 valence electrons. The first-order valence-electron chi connectivity index (χ1n) is 11.3. The third-order valence-corrected chi connectivity index (χ3v) is 6.38. The Labute approximate surface area is 193 Å². The smallest absolute Gasteiger partial charge is 0.271 e. The van der Waals surface area contributed by atoms with E-state index in [1.54, 1.807) is 13.8 Å². The van der Waals surface area contributed by atoms with Crippen LogP contribution in [-0.2, 0) is 6.42 Å². The summed E-state index contributed by atoms with van der Waals surface area (Å²) in [5.41, 5.74) is 10.00. The Kier molecular flexibility index (Phi) is 6.60. The second-order valence-electron chi connectivity index (χ2n) is 8.77. The number of aromatic hydroxyl groups is 1. The molecule has 1 aliphatic rings. The first kappa shape index (κ1) is 22.7. The lowest BCUT2D eigenvalue weighted by Crippen LogP contribution is -2.34. The van der Waals surface area contributed by atoms with E-state index in [-0.39, 0.29) is 11.4 Å². The van der Waals surface area contributed by atoms with Crippen molar-refractivity contribution in [1.29, 1.82) is 0 Å². The molecule has 1 fully saturated rings. The van der Waals surface area contributed by atoms with Gasteiger partial charge in [0.05, 0.1) is 11.8 Å². The van der Waals surface area contributed by atoms with Gasteiger partial charge in [0.25, 0.3) is 5.91 Å². The van der Waals surface area contributed by atoms with Gasteiger partial charge >= 0.3 is 0 Å². The maximum absolute atomic E-state index is 11.5. The van der Waals surface area contributed by atoms with Crippen molar-refractivity contribution in [2.75, 3.05) is 18.0 Å². The number of carbonyl (C=O) groups excluding carboxylic acids is 1. The molecule has 1 atom stereocenters. The van der Waals surface area contributed by atoms with Crippen molar-refractivity contribution in [1.82, 2.24) is 9.97 Å². The number of rotatable bonds is 6. The summed E-state index contributed by atoms with van der Waals surface area (Å²) < 4.78 is 0. The van der Waals surface area contributed by atoms with Crippen molar-refractivity contribution in [3.8, 4) is 16.9 Å². The summed E-state index contributed by atoms with van der Waals surface area (Å²) in [5, 5.41) is 19.6. The Morgan fingerprint density at radius 1 is 1.06 bits per heavy atom. The van der Waals surface area contributed by atoms with Crippen LogP contribution in [0, 0.1) is 12.8 Å². The fraction of sp³-hybridized carbons (Fsp3) is 0.346. The minimum absolute atomic E-state index is 0.101. The van der Waals surface area contributed by atoms with Gasteiger partial charge in [0.2, 0.25) is 0 Å². The second kappa shape index (κ2) is 9.58. The summed E-state index contributed by atoms with van der Waals surface area (Å²) >= 11 is 0. The lowest BCUT2D eigenvalue weighted by molar-refractivity contribution is 0.0991. The Balaban J connectivity index is 1.37. The SMILES string of the molecule is Cc1nc(CC2CCN(c3ccc(-c4ccc(C(C)O)cc4)cc3)CC2)nc(C(N)=O)c1O. The molecule has 1 amide bonds. The molecular formula is C26H30N4O3. The molecule has 0 bridgehead atoms. The predicted octanol–water partition coefficient (Wildman–Crippen LogP) is 3.77. The van der Waals surface area contributed by atoms with Crippen LogP contribution in [0.3, 0.4) is 0 Å². The van der Waals surface area contributed by atoms with Crippen LogP contribution in [0.5, 0.6) is 5.75 Å². The molecule has 0 spiro atoms. The Hall–Kier alpha value is -3.45. The summed E-state index contributed by atoms with van der Waals surface area (Å²) in [6, 6.07) is 16.6. The van der Waals surface area contributed by atoms with E-state index in [1.807, 2.05) is 24.3 Å². The minimum Gasteiger partial charge on any atom is -0.504 e. The maximum atomic E-state index is 11.5. The van der Waals surface area contributed by atoms with Crippen LogP contribution in [0.25, 0.3) is 11.1 Å². The van der Waals surface area contributed by atoms with Crippen LogP contribution in [-0.4, -0.2) is 39.2 Å². The number of carbonyl (C=O) groups is 1. The van der Waals surface area contributed by atoms with Gasteiger partial charge < -0.3 is 20.8 Å². The average molecular weight is 447 g/mol. The van der Waals surface area contributed by atoms with Gasteiger partial charge in [-0.1, -0.05) is 36.4 Å². The monoisotopic (exact) mass is 446 g/mol. The molecule has 1 saturated heterocycles. The number of primary amides is 1.